The normalized spacial score (nSPS) is 15.7. The molecule has 9 heteroatoms. The minimum atomic E-state index is -0.290. The second kappa shape index (κ2) is 8.62. The van der Waals surface area contributed by atoms with Crippen molar-refractivity contribution in [1.82, 2.24) is 24.7 Å². The summed E-state index contributed by atoms with van der Waals surface area (Å²) in [6, 6.07) is 7.22. The largest absolute Gasteiger partial charge is 0.381 e. The van der Waals surface area contributed by atoms with E-state index < -0.39 is 0 Å². The fraction of sp³-hybridized carbons (Fsp3) is 0.296. The van der Waals surface area contributed by atoms with E-state index in [1.807, 2.05) is 23.8 Å². The zero-order chi connectivity index (χ0) is 24.2. The van der Waals surface area contributed by atoms with E-state index in [1.54, 1.807) is 17.5 Å². The van der Waals surface area contributed by atoms with Crippen LogP contribution in [0.1, 0.15) is 34.9 Å². The van der Waals surface area contributed by atoms with Crippen LogP contribution in [0.25, 0.3) is 38.2 Å². The van der Waals surface area contributed by atoms with E-state index in [2.05, 4.69) is 27.8 Å². The lowest BCUT2D eigenvalue weighted by Gasteiger charge is -2.21. The summed E-state index contributed by atoms with van der Waals surface area (Å²) >= 11 is 1.79. The number of rotatable bonds is 5. The van der Waals surface area contributed by atoms with Crippen LogP contribution >= 0.6 is 11.3 Å². The Labute approximate surface area is 211 Å². The van der Waals surface area contributed by atoms with Gasteiger partial charge in [-0.1, -0.05) is 12.1 Å². The summed E-state index contributed by atoms with van der Waals surface area (Å²) in [5.41, 5.74) is 5.98. The van der Waals surface area contributed by atoms with E-state index in [0.717, 1.165) is 76.7 Å². The smallest absolute Gasteiger partial charge is 0.140 e. The van der Waals surface area contributed by atoms with Gasteiger partial charge in [0.2, 0.25) is 0 Å². The molecular formula is C27H25FN6OS. The van der Waals surface area contributed by atoms with Crippen LogP contribution in [-0.2, 0) is 17.8 Å². The number of fused-ring (bicyclic) bond motifs is 1. The number of hydrogen-bond donors (Lipinski definition) is 2. The molecule has 2 aliphatic rings. The molecule has 0 unspecified atom stereocenters. The van der Waals surface area contributed by atoms with E-state index >= 15 is 0 Å². The number of anilines is 1. The minimum Gasteiger partial charge on any atom is -0.381 e. The second-order valence-corrected chi connectivity index (χ2v) is 10.4. The predicted molar refractivity (Wildman–Crippen MR) is 140 cm³/mol. The van der Waals surface area contributed by atoms with Crippen LogP contribution in [0.15, 0.2) is 42.9 Å². The van der Waals surface area contributed by atoms with Crippen LogP contribution < -0.4 is 10.6 Å². The van der Waals surface area contributed by atoms with E-state index in [-0.39, 0.29) is 5.82 Å². The SMILES string of the molecule is CNCc1nc(-c2cnc3c4c(c(-c5cnc6cc(F)ccn56)ccc24)CN3)sc1C1CCOCC1. The molecule has 36 heavy (non-hydrogen) atoms. The Hall–Kier alpha value is -3.40. The van der Waals surface area contributed by atoms with Gasteiger partial charge in [0.05, 0.1) is 17.6 Å². The molecule has 6 heterocycles. The Kier molecular flexibility index (Phi) is 5.23. The van der Waals surface area contributed by atoms with Gasteiger partial charge >= 0.3 is 0 Å². The molecule has 182 valence electrons. The minimum absolute atomic E-state index is 0.290. The number of nitrogens with zero attached hydrogens (tertiary/aromatic N) is 4. The van der Waals surface area contributed by atoms with Crippen LogP contribution in [0.2, 0.25) is 0 Å². The quantitative estimate of drug-likeness (QED) is 0.339. The molecule has 0 atom stereocenters. The number of halogens is 1. The van der Waals surface area contributed by atoms with Crippen molar-refractivity contribution >= 4 is 33.6 Å². The average Bonchev–Trinajstić information content (AvgIpc) is 3.63. The summed E-state index contributed by atoms with van der Waals surface area (Å²) in [4.78, 5) is 15.7. The van der Waals surface area contributed by atoms with Crippen molar-refractivity contribution < 1.29 is 9.13 Å². The summed E-state index contributed by atoms with van der Waals surface area (Å²) in [7, 11) is 1.97. The lowest BCUT2D eigenvalue weighted by Crippen LogP contribution is -2.16. The number of benzene rings is 1. The number of nitrogens with one attached hydrogen (secondary N) is 2. The Balaban J connectivity index is 1.38. The maximum Gasteiger partial charge on any atom is 0.140 e. The van der Waals surface area contributed by atoms with Crippen LogP contribution in [0.4, 0.5) is 10.2 Å². The predicted octanol–water partition coefficient (Wildman–Crippen LogP) is 5.35. The maximum atomic E-state index is 13.7. The molecule has 7 nitrogen and oxygen atoms in total. The Morgan fingerprint density at radius 2 is 2.06 bits per heavy atom. The summed E-state index contributed by atoms with van der Waals surface area (Å²) < 4.78 is 21.3. The monoisotopic (exact) mass is 500 g/mol. The molecule has 0 saturated carbocycles. The van der Waals surface area contributed by atoms with Gasteiger partial charge in [0.15, 0.2) is 0 Å². The highest BCUT2D eigenvalue weighted by Crippen LogP contribution is 2.44. The van der Waals surface area contributed by atoms with Crippen molar-refractivity contribution in [3.05, 3.63) is 64.8 Å². The standard InChI is InChI=1S/C27H25FN6OS/c1-29-13-21-25(15-5-8-35-9-6-15)36-27(33-21)20-12-32-26-24-18(20)3-2-17(19(24)11-31-26)22-14-30-23-10-16(28)4-7-34(22)23/h2-4,7,10,12,14-15,29H,5-6,8-9,11,13H2,1H3,(H,31,32). The van der Waals surface area contributed by atoms with E-state index in [0.29, 0.717) is 18.1 Å². The molecule has 5 aromatic rings. The van der Waals surface area contributed by atoms with Crippen LogP contribution in [-0.4, -0.2) is 39.6 Å². The molecule has 1 saturated heterocycles. The molecule has 1 aromatic carbocycles. The topological polar surface area (TPSA) is 76.4 Å². The van der Waals surface area contributed by atoms with E-state index in [9.17, 15) is 4.39 Å². The summed E-state index contributed by atoms with van der Waals surface area (Å²) in [5, 5.41) is 10.0. The Bertz CT molecular complexity index is 1620. The zero-order valence-corrected chi connectivity index (χ0v) is 20.7. The van der Waals surface area contributed by atoms with Gasteiger partial charge in [-0.25, -0.2) is 19.3 Å². The third-order valence-electron chi connectivity index (χ3n) is 7.24. The van der Waals surface area contributed by atoms with Gasteiger partial charge in [0, 0.05) is 66.2 Å². The van der Waals surface area contributed by atoms with Crippen molar-refractivity contribution in [3.63, 3.8) is 0 Å². The zero-order valence-electron chi connectivity index (χ0n) is 19.8. The fourth-order valence-electron chi connectivity index (χ4n) is 5.51. The third-order valence-corrected chi connectivity index (χ3v) is 8.53. The first-order valence-corrected chi connectivity index (χ1v) is 13.1. The molecule has 2 aliphatic heterocycles. The van der Waals surface area contributed by atoms with Gasteiger partial charge in [-0.05, 0) is 42.8 Å². The summed E-state index contributed by atoms with van der Waals surface area (Å²) in [6.07, 6.45) is 7.57. The highest BCUT2D eigenvalue weighted by Gasteiger charge is 2.26. The van der Waals surface area contributed by atoms with Crippen molar-refractivity contribution in [1.29, 1.82) is 0 Å². The van der Waals surface area contributed by atoms with Crippen molar-refractivity contribution in [2.75, 3.05) is 25.6 Å². The van der Waals surface area contributed by atoms with Crippen LogP contribution in [0.3, 0.4) is 0 Å². The molecule has 0 spiro atoms. The maximum absolute atomic E-state index is 13.7. The molecule has 0 radical (unpaired) electrons. The van der Waals surface area contributed by atoms with E-state index in [1.165, 1.54) is 22.6 Å². The second-order valence-electron chi connectivity index (χ2n) is 9.35. The fourth-order valence-corrected chi connectivity index (χ4v) is 6.79. The van der Waals surface area contributed by atoms with Gasteiger partial charge < -0.3 is 15.4 Å². The molecule has 0 bridgehead atoms. The number of pyridine rings is 2. The number of thiazole rings is 1. The van der Waals surface area contributed by atoms with Crippen molar-refractivity contribution in [2.45, 2.75) is 31.8 Å². The lowest BCUT2D eigenvalue weighted by molar-refractivity contribution is 0.0858. The van der Waals surface area contributed by atoms with E-state index in [4.69, 9.17) is 14.7 Å². The van der Waals surface area contributed by atoms with Gasteiger partial charge in [0.25, 0.3) is 0 Å². The van der Waals surface area contributed by atoms with Crippen molar-refractivity contribution in [3.8, 4) is 21.8 Å². The molecule has 0 amide bonds. The Morgan fingerprint density at radius 3 is 2.92 bits per heavy atom. The molecule has 2 N–H and O–H groups in total. The first-order chi connectivity index (χ1) is 17.7. The number of aromatic nitrogens is 4. The van der Waals surface area contributed by atoms with Gasteiger partial charge in [0.1, 0.15) is 22.3 Å². The highest BCUT2D eigenvalue weighted by atomic mass is 32.1. The molecule has 7 rings (SSSR count). The highest BCUT2D eigenvalue weighted by molar-refractivity contribution is 7.15. The van der Waals surface area contributed by atoms with Crippen molar-refractivity contribution in [2.24, 2.45) is 0 Å². The van der Waals surface area contributed by atoms with Gasteiger partial charge in [-0.2, -0.15) is 0 Å². The summed E-state index contributed by atoms with van der Waals surface area (Å²) in [5.74, 6) is 1.09. The number of ether oxygens (including phenoxy) is 1. The number of hydrogen-bond acceptors (Lipinski definition) is 7. The molecular weight excluding hydrogens is 475 g/mol. The molecule has 0 aliphatic carbocycles. The first-order valence-electron chi connectivity index (χ1n) is 12.2. The first kappa shape index (κ1) is 21.8. The third kappa shape index (κ3) is 3.42. The van der Waals surface area contributed by atoms with Crippen LogP contribution in [0, 0.1) is 5.82 Å². The summed E-state index contributed by atoms with van der Waals surface area (Å²) in [6.45, 7) is 3.05. The lowest BCUT2D eigenvalue weighted by atomic mass is 9.97. The number of imidazole rings is 1. The van der Waals surface area contributed by atoms with Crippen LogP contribution in [0.5, 0.6) is 0 Å². The average molecular weight is 501 g/mol. The molecule has 4 aromatic heterocycles. The Morgan fingerprint density at radius 1 is 1.17 bits per heavy atom. The van der Waals surface area contributed by atoms with Gasteiger partial charge in [-0.15, -0.1) is 11.3 Å². The molecule has 1 fully saturated rings. The van der Waals surface area contributed by atoms with Gasteiger partial charge in [-0.3, -0.25) is 4.40 Å².